The molecule has 0 aromatic carbocycles. The van der Waals surface area contributed by atoms with Crippen molar-refractivity contribution in [1.29, 1.82) is 0 Å². The Morgan fingerprint density at radius 2 is 2.44 bits per heavy atom. The number of H-pyrrole nitrogens is 1. The zero-order valence-electron chi connectivity index (χ0n) is 9.83. The predicted molar refractivity (Wildman–Crippen MR) is 71.3 cm³/mol. The van der Waals surface area contributed by atoms with Crippen molar-refractivity contribution in [3.63, 3.8) is 0 Å². The number of imidazole rings is 1. The van der Waals surface area contributed by atoms with Gasteiger partial charge in [-0.15, -0.1) is 0 Å². The first kappa shape index (κ1) is 15.0. The van der Waals surface area contributed by atoms with Gasteiger partial charge in [0.15, 0.2) is 5.96 Å². The zero-order valence-corrected chi connectivity index (χ0v) is 11.5. The van der Waals surface area contributed by atoms with E-state index in [2.05, 4.69) is 20.3 Å². The number of aromatic amines is 1. The molecule has 0 aliphatic heterocycles. The molecule has 10 heteroatoms. The summed E-state index contributed by atoms with van der Waals surface area (Å²) in [4.78, 5) is 28.0. The van der Waals surface area contributed by atoms with E-state index in [-0.39, 0.29) is 5.96 Å². The minimum Gasteiger partial charge on any atom is -0.355 e. The van der Waals surface area contributed by atoms with E-state index >= 15 is 0 Å². The van der Waals surface area contributed by atoms with Crippen LogP contribution in [0.2, 0.25) is 0 Å². The van der Waals surface area contributed by atoms with E-state index in [1.807, 2.05) is 5.09 Å². The number of nitrogens with zero attached hydrogens (tertiary/aromatic N) is 2. The molecule has 0 saturated heterocycles. The smallest absolute Gasteiger partial charge is 0.355 e. The summed E-state index contributed by atoms with van der Waals surface area (Å²) in [6.45, 7) is 0.554. The van der Waals surface area contributed by atoms with E-state index in [0.29, 0.717) is 6.54 Å². The highest BCUT2D eigenvalue weighted by atomic mass is 32.2. The van der Waals surface area contributed by atoms with Gasteiger partial charge in [-0.25, -0.2) is 9.55 Å². The molecule has 1 rings (SSSR count). The monoisotopic (exact) mass is 293 g/mol. The third-order valence-electron chi connectivity index (χ3n) is 1.83. The van der Waals surface area contributed by atoms with Crippen LogP contribution in [0.4, 0.5) is 0 Å². The van der Waals surface area contributed by atoms with Gasteiger partial charge in [0.25, 0.3) is 0 Å². The summed E-state index contributed by atoms with van der Waals surface area (Å²) in [5.74, 6) is 1.68. The lowest BCUT2D eigenvalue weighted by molar-refractivity contribution is 0.366. The summed E-state index contributed by atoms with van der Waals surface area (Å²) in [5, 5.41) is 4.80. The number of rotatable bonds is 6. The van der Waals surface area contributed by atoms with Crippen LogP contribution in [0.25, 0.3) is 0 Å². The Hall–Kier alpha value is -1.02. The van der Waals surface area contributed by atoms with Gasteiger partial charge in [0.05, 0.1) is 6.33 Å². The Labute approximate surface area is 109 Å². The van der Waals surface area contributed by atoms with Gasteiger partial charge in [0, 0.05) is 37.0 Å². The second-order valence-electron chi connectivity index (χ2n) is 3.28. The van der Waals surface area contributed by atoms with Crippen LogP contribution in [0.1, 0.15) is 5.69 Å². The molecule has 5 N–H and O–H groups in total. The van der Waals surface area contributed by atoms with Gasteiger partial charge in [-0.2, -0.15) is 11.8 Å². The van der Waals surface area contributed by atoms with E-state index in [0.717, 1.165) is 17.2 Å². The topological polar surface area (TPSA) is 123 Å². The highest BCUT2D eigenvalue weighted by Crippen LogP contribution is 2.27. The highest BCUT2D eigenvalue weighted by Gasteiger charge is 2.14. The lowest BCUT2D eigenvalue weighted by Crippen LogP contribution is -2.36. The number of aliphatic imine (C=N–C) groups is 1. The molecule has 8 nitrogen and oxygen atoms in total. The lowest BCUT2D eigenvalue weighted by Gasteiger charge is -2.11. The molecule has 102 valence electrons. The fourth-order valence-corrected chi connectivity index (χ4v) is 2.32. The standard InChI is InChI=1S/C8H16N5O3PS/c1-9-8(13-17(14,15)16)11-2-3-18-5-7-4-10-6-12-7/h4,6H,2-3,5H2,1H3,(H,10,12)(H4,9,11,13,14,15,16). The maximum atomic E-state index is 10.7. The maximum Gasteiger partial charge on any atom is 0.429 e. The van der Waals surface area contributed by atoms with Gasteiger partial charge >= 0.3 is 7.75 Å². The Morgan fingerprint density at radius 1 is 1.67 bits per heavy atom. The molecule has 0 aliphatic rings. The Morgan fingerprint density at radius 3 is 3.00 bits per heavy atom. The van der Waals surface area contributed by atoms with Crippen LogP contribution < -0.4 is 10.4 Å². The van der Waals surface area contributed by atoms with Gasteiger partial charge < -0.3 is 20.1 Å². The molecule has 0 unspecified atom stereocenters. The molecule has 0 fully saturated rings. The van der Waals surface area contributed by atoms with Crippen LogP contribution in [0, 0.1) is 0 Å². The van der Waals surface area contributed by atoms with Crippen molar-refractivity contribution in [1.82, 2.24) is 20.4 Å². The number of aromatic nitrogens is 2. The average molecular weight is 293 g/mol. The van der Waals surface area contributed by atoms with E-state index < -0.39 is 7.75 Å². The first-order valence-corrected chi connectivity index (χ1v) is 7.87. The second kappa shape index (κ2) is 7.42. The summed E-state index contributed by atoms with van der Waals surface area (Å²) in [7, 11) is -2.85. The number of thioether (sulfide) groups is 1. The highest BCUT2D eigenvalue weighted by molar-refractivity contribution is 7.98. The molecule has 1 aromatic rings. The lowest BCUT2D eigenvalue weighted by atomic mass is 10.6. The fourth-order valence-electron chi connectivity index (χ4n) is 1.09. The van der Waals surface area contributed by atoms with Gasteiger partial charge in [-0.3, -0.25) is 10.1 Å². The summed E-state index contributed by atoms with van der Waals surface area (Å²) < 4.78 is 10.7. The largest absolute Gasteiger partial charge is 0.429 e. The van der Waals surface area contributed by atoms with Crippen LogP contribution in [-0.4, -0.2) is 45.1 Å². The van der Waals surface area contributed by atoms with E-state index in [1.54, 1.807) is 24.3 Å². The van der Waals surface area contributed by atoms with Crippen molar-refractivity contribution < 1.29 is 14.4 Å². The molecule has 1 aromatic heterocycles. The fraction of sp³-hybridized carbons (Fsp3) is 0.500. The van der Waals surface area contributed by atoms with Crippen LogP contribution in [0.15, 0.2) is 17.5 Å². The molecule has 0 aliphatic carbocycles. The van der Waals surface area contributed by atoms with Crippen LogP contribution in [0.3, 0.4) is 0 Å². The van der Waals surface area contributed by atoms with E-state index in [4.69, 9.17) is 9.79 Å². The van der Waals surface area contributed by atoms with E-state index in [1.165, 1.54) is 7.05 Å². The predicted octanol–water partition coefficient (Wildman–Crippen LogP) is -0.0994. The van der Waals surface area contributed by atoms with Crippen LogP contribution in [0.5, 0.6) is 0 Å². The summed E-state index contributed by atoms with van der Waals surface area (Å²) in [6.07, 6.45) is 3.38. The molecule has 0 spiro atoms. The normalized spacial score (nSPS) is 12.5. The Kier molecular flexibility index (Phi) is 6.20. The molecule has 1 heterocycles. The first-order chi connectivity index (χ1) is 8.51. The summed E-state index contributed by atoms with van der Waals surface area (Å²) in [5.41, 5.74) is 1.04. The number of guanidine groups is 1. The van der Waals surface area contributed by atoms with Crippen LogP contribution >= 0.6 is 19.5 Å². The van der Waals surface area contributed by atoms with Gasteiger partial charge in [-0.05, 0) is 0 Å². The summed E-state index contributed by atoms with van der Waals surface area (Å²) in [6, 6.07) is 0. The molecule has 0 radical (unpaired) electrons. The third kappa shape index (κ3) is 6.65. The summed E-state index contributed by atoms with van der Waals surface area (Å²) >= 11 is 1.67. The molecule has 0 amide bonds. The number of nitrogens with one attached hydrogen (secondary N) is 3. The van der Waals surface area contributed by atoms with Crippen molar-refractivity contribution in [2.24, 2.45) is 4.99 Å². The minimum atomic E-state index is -4.30. The van der Waals surface area contributed by atoms with Gasteiger partial charge in [0.1, 0.15) is 0 Å². The molecule has 0 saturated carbocycles. The number of hydrogen-bond donors (Lipinski definition) is 5. The zero-order chi connectivity index (χ0) is 13.4. The molecule has 18 heavy (non-hydrogen) atoms. The quantitative estimate of drug-likeness (QED) is 0.215. The van der Waals surface area contributed by atoms with Crippen molar-refractivity contribution in [2.45, 2.75) is 5.75 Å². The number of hydrogen-bond acceptors (Lipinski definition) is 4. The molecular weight excluding hydrogens is 277 g/mol. The third-order valence-corrected chi connectivity index (χ3v) is 3.34. The van der Waals surface area contributed by atoms with Gasteiger partial charge in [0.2, 0.25) is 0 Å². The molecular formula is C8H16N5O3PS. The first-order valence-electron chi connectivity index (χ1n) is 5.11. The maximum absolute atomic E-state index is 10.7. The average Bonchev–Trinajstić information content (AvgIpc) is 2.78. The SMILES string of the molecule is CN=C(NCCSCc1cnc[nH]1)NP(=O)(O)O. The van der Waals surface area contributed by atoms with Crippen molar-refractivity contribution >= 4 is 25.5 Å². The van der Waals surface area contributed by atoms with Crippen molar-refractivity contribution in [3.05, 3.63) is 18.2 Å². The minimum absolute atomic E-state index is 0.0884. The Bertz CT molecular complexity index is 418. The van der Waals surface area contributed by atoms with Crippen molar-refractivity contribution in [2.75, 3.05) is 19.3 Å². The Balaban J connectivity index is 2.14. The molecule has 0 atom stereocenters. The second-order valence-corrected chi connectivity index (χ2v) is 5.70. The van der Waals surface area contributed by atoms with Gasteiger partial charge in [-0.1, -0.05) is 0 Å². The van der Waals surface area contributed by atoms with Crippen LogP contribution in [-0.2, 0) is 10.3 Å². The molecule has 0 bridgehead atoms. The van der Waals surface area contributed by atoms with E-state index in [9.17, 15) is 4.57 Å². The van der Waals surface area contributed by atoms with Crippen molar-refractivity contribution in [3.8, 4) is 0 Å².